The van der Waals surface area contributed by atoms with Gasteiger partial charge in [0.05, 0.1) is 11.3 Å². The number of benzene rings is 1. The summed E-state index contributed by atoms with van der Waals surface area (Å²) in [6, 6.07) is 4.58. The Balaban J connectivity index is 0.00000196. The first kappa shape index (κ1) is 15.3. The Morgan fingerprint density at radius 1 is 1.40 bits per heavy atom. The molecule has 6 heteroatoms. The quantitative estimate of drug-likeness (QED) is 0.812. The van der Waals surface area contributed by atoms with Crippen LogP contribution in [-0.4, -0.2) is 68.4 Å². The first-order valence-electron chi connectivity index (χ1n) is 3.81. The predicted molar refractivity (Wildman–Crippen MR) is 62.6 cm³/mol. The van der Waals surface area contributed by atoms with Gasteiger partial charge in [-0.2, -0.15) is 0 Å². The molecule has 0 aliphatic carbocycles. The number of nitrogens with one attached hydrogen (secondary N) is 1. The van der Waals surface area contributed by atoms with Gasteiger partial charge >= 0.3 is 57.4 Å². The fourth-order valence-electron chi connectivity index (χ4n) is 0.996. The van der Waals surface area contributed by atoms with Gasteiger partial charge in [-0.25, -0.2) is 4.79 Å². The van der Waals surface area contributed by atoms with E-state index in [4.69, 9.17) is 5.11 Å². The zero-order chi connectivity index (χ0) is 10.7. The molecule has 0 saturated heterocycles. The van der Waals surface area contributed by atoms with Crippen molar-refractivity contribution >= 4 is 84.9 Å². The summed E-state index contributed by atoms with van der Waals surface area (Å²) >= 11 is 3.19. The molecule has 0 unspecified atom stereocenters. The van der Waals surface area contributed by atoms with Crippen LogP contribution in [0.15, 0.2) is 22.7 Å². The Morgan fingerprint density at radius 2 is 2.00 bits per heavy atom. The van der Waals surface area contributed by atoms with Crippen LogP contribution in [-0.2, 0) is 4.79 Å². The Kier molecular flexibility index (Phi) is 6.90. The Labute approximate surface area is 138 Å². The van der Waals surface area contributed by atoms with Gasteiger partial charge in [-0.1, -0.05) is 15.9 Å². The van der Waals surface area contributed by atoms with Crippen molar-refractivity contribution < 1.29 is 14.7 Å². The topological polar surface area (TPSA) is 66.4 Å². The number of carbonyl (C=O) groups is 2. The Hall–Kier alpha value is 0.276. The molecule has 1 rings (SSSR count). The van der Waals surface area contributed by atoms with Crippen LogP contribution in [0.4, 0.5) is 5.69 Å². The molecular formula is C9H9BrKNO3. The number of hydrogen-bond acceptors (Lipinski definition) is 2. The van der Waals surface area contributed by atoms with Crippen LogP contribution >= 0.6 is 15.9 Å². The minimum atomic E-state index is -1.07. The van der Waals surface area contributed by atoms with Gasteiger partial charge in [0, 0.05) is 11.4 Å². The van der Waals surface area contributed by atoms with Crippen molar-refractivity contribution in [3.8, 4) is 0 Å². The molecule has 2 N–H and O–H groups in total. The number of anilines is 1. The Morgan fingerprint density at radius 3 is 2.47 bits per heavy atom. The van der Waals surface area contributed by atoms with Crippen LogP contribution in [0.5, 0.6) is 0 Å². The van der Waals surface area contributed by atoms with E-state index in [9.17, 15) is 9.59 Å². The molecule has 0 radical (unpaired) electrons. The summed E-state index contributed by atoms with van der Waals surface area (Å²) in [6.07, 6.45) is 0. The van der Waals surface area contributed by atoms with E-state index in [-0.39, 0.29) is 62.9 Å². The third kappa shape index (κ3) is 4.75. The number of halogens is 1. The van der Waals surface area contributed by atoms with Crippen molar-refractivity contribution in [1.82, 2.24) is 0 Å². The molecule has 0 heterocycles. The molecule has 0 atom stereocenters. The zero-order valence-corrected chi connectivity index (χ0v) is 8.96. The van der Waals surface area contributed by atoms with Gasteiger partial charge in [0.15, 0.2) is 0 Å². The van der Waals surface area contributed by atoms with Gasteiger partial charge in [-0.15, -0.1) is 0 Å². The van der Waals surface area contributed by atoms with Crippen molar-refractivity contribution in [2.24, 2.45) is 0 Å². The summed E-state index contributed by atoms with van der Waals surface area (Å²) in [7, 11) is 0. The second-order valence-corrected chi connectivity index (χ2v) is 3.59. The first-order valence-corrected chi connectivity index (χ1v) is 4.60. The molecule has 1 aromatic rings. The summed E-state index contributed by atoms with van der Waals surface area (Å²) in [4.78, 5) is 21.5. The molecule has 0 spiro atoms. The van der Waals surface area contributed by atoms with Crippen LogP contribution in [0.2, 0.25) is 0 Å². The van der Waals surface area contributed by atoms with Crippen LogP contribution in [0.1, 0.15) is 17.3 Å². The van der Waals surface area contributed by atoms with Gasteiger partial charge in [0.25, 0.3) is 0 Å². The fraction of sp³-hybridized carbons (Fsp3) is 0.111. The summed E-state index contributed by atoms with van der Waals surface area (Å²) < 4.78 is 0.714. The number of aromatic carboxylic acids is 1. The van der Waals surface area contributed by atoms with E-state index in [2.05, 4.69) is 21.2 Å². The number of carbonyl (C=O) groups excluding carboxylic acids is 1. The van der Waals surface area contributed by atoms with E-state index in [1.165, 1.54) is 13.0 Å². The Bertz CT molecular complexity index is 395. The van der Waals surface area contributed by atoms with E-state index in [0.717, 1.165) is 0 Å². The van der Waals surface area contributed by atoms with Gasteiger partial charge in [0.1, 0.15) is 0 Å². The van der Waals surface area contributed by atoms with Gasteiger partial charge in [-0.05, 0) is 18.2 Å². The SMILES string of the molecule is CC(=O)Nc1cc(Br)ccc1C(=O)O.[KH]. The standard InChI is InChI=1S/C9H8BrNO3.K.H/c1-5(12)11-8-4-6(10)2-3-7(8)9(13)14;;/h2-4H,1H3,(H,11,12)(H,13,14);;. The molecule has 0 aliphatic heterocycles. The van der Waals surface area contributed by atoms with Crippen LogP contribution < -0.4 is 5.32 Å². The van der Waals surface area contributed by atoms with E-state index in [1.807, 2.05) is 0 Å². The maximum atomic E-state index is 10.8. The molecule has 76 valence electrons. The average molecular weight is 298 g/mol. The summed E-state index contributed by atoms with van der Waals surface area (Å²) in [6.45, 7) is 1.33. The normalized spacial score (nSPS) is 8.93. The molecule has 1 aromatic carbocycles. The van der Waals surface area contributed by atoms with Crippen LogP contribution in [0.3, 0.4) is 0 Å². The molecule has 1 amide bonds. The van der Waals surface area contributed by atoms with E-state index in [1.54, 1.807) is 12.1 Å². The zero-order valence-electron chi connectivity index (χ0n) is 7.37. The van der Waals surface area contributed by atoms with E-state index >= 15 is 0 Å². The third-order valence-electron chi connectivity index (χ3n) is 1.52. The predicted octanol–water partition coefficient (Wildman–Crippen LogP) is 1.46. The molecule has 0 aliphatic rings. The van der Waals surface area contributed by atoms with Crippen molar-refractivity contribution in [3.63, 3.8) is 0 Å². The monoisotopic (exact) mass is 297 g/mol. The van der Waals surface area contributed by atoms with Crippen molar-refractivity contribution in [3.05, 3.63) is 28.2 Å². The van der Waals surface area contributed by atoms with Gasteiger partial charge in [0.2, 0.25) is 5.91 Å². The summed E-state index contributed by atoms with van der Waals surface area (Å²) in [5, 5.41) is 11.2. The van der Waals surface area contributed by atoms with Crippen molar-refractivity contribution in [1.29, 1.82) is 0 Å². The van der Waals surface area contributed by atoms with E-state index < -0.39 is 5.97 Å². The number of amides is 1. The van der Waals surface area contributed by atoms with Crippen molar-refractivity contribution in [2.45, 2.75) is 6.92 Å². The van der Waals surface area contributed by atoms with Gasteiger partial charge < -0.3 is 10.4 Å². The second-order valence-electron chi connectivity index (χ2n) is 2.68. The minimum absolute atomic E-state index is 0. The molecular weight excluding hydrogens is 289 g/mol. The average Bonchev–Trinajstić information content (AvgIpc) is 2.01. The fourth-order valence-corrected chi connectivity index (χ4v) is 1.36. The molecule has 0 aromatic heterocycles. The van der Waals surface area contributed by atoms with Crippen LogP contribution in [0, 0.1) is 0 Å². The van der Waals surface area contributed by atoms with E-state index in [0.29, 0.717) is 10.2 Å². The molecule has 0 bridgehead atoms. The number of rotatable bonds is 2. The second kappa shape index (κ2) is 6.77. The molecule has 4 nitrogen and oxygen atoms in total. The number of carboxylic acids is 1. The number of hydrogen-bond donors (Lipinski definition) is 2. The maximum absolute atomic E-state index is 10.8. The molecule has 0 saturated carbocycles. The molecule has 0 fully saturated rings. The molecule has 15 heavy (non-hydrogen) atoms. The van der Waals surface area contributed by atoms with Crippen molar-refractivity contribution in [2.75, 3.05) is 5.32 Å². The number of carboxylic acid groups (broad SMARTS) is 1. The summed E-state index contributed by atoms with van der Waals surface area (Å²) in [5.74, 6) is -1.37. The van der Waals surface area contributed by atoms with Crippen LogP contribution in [0.25, 0.3) is 0 Å². The first-order chi connectivity index (χ1) is 6.50. The third-order valence-corrected chi connectivity index (χ3v) is 2.02. The van der Waals surface area contributed by atoms with Gasteiger partial charge in [-0.3, -0.25) is 4.79 Å². The summed E-state index contributed by atoms with van der Waals surface area (Å²) in [5.41, 5.74) is 0.364.